The normalized spacial score (nSPS) is 38.8. The largest absolute Gasteiger partial charge is 0.312 e. The highest BCUT2D eigenvalue weighted by Gasteiger charge is 2.24. The summed E-state index contributed by atoms with van der Waals surface area (Å²) >= 11 is 0. The first-order valence-corrected chi connectivity index (χ1v) is 8.14. The minimum atomic E-state index is 0.788. The monoisotopic (exact) mass is 252 g/mol. The maximum Gasteiger partial charge on any atom is 0.0110 e. The minimum Gasteiger partial charge on any atom is -0.312 e. The molecule has 1 saturated carbocycles. The van der Waals surface area contributed by atoms with Crippen LogP contribution in [0.2, 0.25) is 0 Å². The van der Waals surface area contributed by atoms with E-state index in [9.17, 15) is 0 Å². The van der Waals surface area contributed by atoms with Crippen LogP contribution in [-0.2, 0) is 0 Å². The van der Waals surface area contributed by atoms with Crippen molar-refractivity contribution in [1.29, 1.82) is 0 Å². The van der Waals surface area contributed by atoms with Crippen LogP contribution in [-0.4, -0.2) is 36.6 Å². The molecule has 1 saturated heterocycles. The zero-order valence-corrected chi connectivity index (χ0v) is 12.6. The Bertz CT molecular complexity index is 241. The zero-order valence-electron chi connectivity index (χ0n) is 12.6. The van der Waals surface area contributed by atoms with Gasteiger partial charge in [-0.3, -0.25) is 4.90 Å². The average Bonchev–Trinajstić information content (AvgIpc) is 2.36. The molecular formula is C16H32N2. The predicted octanol–water partition coefficient (Wildman–Crippen LogP) is 3.28. The van der Waals surface area contributed by atoms with Crippen molar-refractivity contribution in [3.8, 4) is 0 Å². The van der Waals surface area contributed by atoms with Gasteiger partial charge >= 0.3 is 0 Å². The van der Waals surface area contributed by atoms with Crippen LogP contribution in [0, 0.1) is 11.8 Å². The summed E-state index contributed by atoms with van der Waals surface area (Å²) in [5.41, 5.74) is 0. The fourth-order valence-corrected chi connectivity index (χ4v) is 3.70. The number of nitrogens with zero attached hydrogens (tertiary/aromatic N) is 1. The van der Waals surface area contributed by atoms with E-state index in [4.69, 9.17) is 0 Å². The van der Waals surface area contributed by atoms with Crippen molar-refractivity contribution >= 4 is 0 Å². The van der Waals surface area contributed by atoms with Crippen molar-refractivity contribution < 1.29 is 0 Å². The molecule has 1 aliphatic carbocycles. The molecule has 2 aliphatic rings. The molecule has 18 heavy (non-hydrogen) atoms. The van der Waals surface area contributed by atoms with Gasteiger partial charge in [-0.2, -0.15) is 0 Å². The van der Waals surface area contributed by atoms with Gasteiger partial charge in [0, 0.05) is 31.7 Å². The van der Waals surface area contributed by atoms with Gasteiger partial charge in [0.1, 0.15) is 0 Å². The van der Waals surface area contributed by atoms with Crippen molar-refractivity contribution in [2.45, 2.75) is 71.4 Å². The van der Waals surface area contributed by atoms with E-state index in [1.165, 1.54) is 58.2 Å². The number of piperidine rings is 1. The number of nitrogens with one attached hydrogen (secondary N) is 1. The fraction of sp³-hybridized carbons (Fsp3) is 1.00. The summed E-state index contributed by atoms with van der Waals surface area (Å²) in [5.74, 6) is 1.78. The van der Waals surface area contributed by atoms with Gasteiger partial charge in [-0.25, -0.2) is 0 Å². The van der Waals surface area contributed by atoms with Crippen LogP contribution in [0.5, 0.6) is 0 Å². The topological polar surface area (TPSA) is 15.3 Å². The molecule has 106 valence electrons. The molecule has 1 heterocycles. The molecule has 0 bridgehead atoms. The molecule has 0 aromatic rings. The molecule has 2 nitrogen and oxygen atoms in total. The lowest BCUT2D eigenvalue weighted by atomic mass is 9.86. The van der Waals surface area contributed by atoms with Gasteiger partial charge in [0.15, 0.2) is 0 Å². The third-order valence-corrected chi connectivity index (χ3v) is 5.16. The van der Waals surface area contributed by atoms with Gasteiger partial charge < -0.3 is 5.32 Å². The van der Waals surface area contributed by atoms with Crippen molar-refractivity contribution in [1.82, 2.24) is 10.2 Å². The molecule has 4 atom stereocenters. The lowest BCUT2D eigenvalue weighted by molar-refractivity contribution is 0.122. The Morgan fingerprint density at radius 2 is 1.78 bits per heavy atom. The summed E-state index contributed by atoms with van der Waals surface area (Å²) in [6.07, 6.45) is 8.51. The Kier molecular flexibility index (Phi) is 5.50. The number of hydrogen-bond donors (Lipinski definition) is 1. The summed E-state index contributed by atoms with van der Waals surface area (Å²) in [6.45, 7) is 11.0. The second-order valence-electron chi connectivity index (χ2n) is 6.85. The highest BCUT2D eigenvalue weighted by atomic mass is 15.2. The first-order chi connectivity index (χ1) is 8.66. The van der Waals surface area contributed by atoms with Gasteiger partial charge in [-0.1, -0.05) is 26.7 Å². The van der Waals surface area contributed by atoms with Crippen LogP contribution in [0.15, 0.2) is 0 Å². The lowest BCUT2D eigenvalue weighted by Gasteiger charge is -2.37. The molecular weight excluding hydrogens is 220 g/mol. The van der Waals surface area contributed by atoms with E-state index in [1.807, 2.05) is 0 Å². The Morgan fingerprint density at radius 1 is 1.00 bits per heavy atom. The molecule has 1 N–H and O–H groups in total. The van der Waals surface area contributed by atoms with Gasteiger partial charge in [-0.05, 0) is 44.4 Å². The van der Waals surface area contributed by atoms with Crippen LogP contribution in [0.1, 0.15) is 59.3 Å². The van der Waals surface area contributed by atoms with Gasteiger partial charge in [0.2, 0.25) is 0 Å². The second-order valence-corrected chi connectivity index (χ2v) is 6.85. The van der Waals surface area contributed by atoms with E-state index < -0.39 is 0 Å². The summed E-state index contributed by atoms with van der Waals surface area (Å²) < 4.78 is 0. The highest BCUT2D eigenvalue weighted by molar-refractivity contribution is 4.81. The maximum atomic E-state index is 3.81. The lowest BCUT2D eigenvalue weighted by Crippen LogP contribution is -2.46. The first-order valence-electron chi connectivity index (χ1n) is 8.14. The quantitative estimate of drug-likeness (QED) is 0.826. The average molecular weight is 252 g/mol. The van der Waals surface area contributed by atoms with E-state index in [0.717, 1.165) is 23.9 Å². The van der Waals surface area contributed by atoms with Crippen molar-refractivity contribution in [3.05, 3.63) is 0 Å². The molecule has 2 fully saturated rings. The Morgan fingerprint density at radius 3 is 2.56 bits per heavy atom. The van der Waals surface area contributed by atoms with Crippen molar-refractivity contribution in [2.24, 2.45) is 11.8 Å². The smallest absolute Gasteiger partial charge is 0.0110 e. The third-order valence-electron chi connectivity index (χ3n) is 5.16. The molecule has 0 aromatic heterocycles. The maximum absolute atomic E-state index is 3.81. The Labute approximate surface area is 114 Å². The van der Waals surface area contributed by atoms with Crippen LogP contribution in [0.3, 0.4) is 0 Å². The molecule has 4 unspecified atom stereocenters. The number of rotatable bonds is 4. The van der Waals surface area contributed by atoms with Crippen molar-refractivity contribution in [3.63, 3.8) is 0 Å². The molecule has 1 aliphatic heterocycles. The molecule has 2 rings (SSSR count). The molecule has 0 aromatic carbocycles. The van der Waals surface area contributed by atoms with Crippen molar-refractivity contribution in [2.75, 3.05) is 19.6 Å². The fourth-order valence-electron chi connectivity index (χ4n) is 3.70. The third kappa shape index (κ3) is 3.96. The molecule has 0 radical (unpaired) electrons. The van der Waals surface area contributed by atoms with E-state index in [0.29, 0.717) is 0 Å². The SMILES string of the molecule is CC1CCC(C)N(CCNC2CCCCC2C)C1. The van der Waals surface area contributed by atoms with E-state index in [1.54, 1.807) is 0 Å². The Hall–Kier alpha value is -0.0800. The zero-order chi connectivity index (χ0) is 13.0. The van der Waals surface area contributed by atoms with Crippen LogP contribution >= 0.6 is 0 Å². The summed E-state index contributed by atoms with van der Waals surface area (Å²) in [6, 6.07) is 1.59. The van der Waals surface area contributed by atoms with Crippen LogP contribution in [0.25, 0.3) is 0 Å². The summed E-state index contributed by atoms with van der Waals surface area (Å²) in [5, 5.41) is 3.81. The second kappa shape index (κ2) is 6.91. The van der Waals surface area contributed by atoms with E-state index in [-0.39, 0.29) is 0 Å². The predicted molar refractivity (Wildman–Crippen MR) is 78.9 cm³/mol. The summed E-state index contributed by atoms with van der Waals surface area (Å²) in [7, 11) is 0. The highest BCUT2D eigenvalue weighted by Crippen LogP contribution is 2.24. The van der Waals surface area contributed by atoms with Gasteiger partial charge in [0.25, 0.3) is 0 Å². The first kappa shape index (κ1) is 14.3. The number of hydrogen-bond acceptors (Lipinski definition) is 2. The summed E-state index contributed by atoms with van der Waals surface area (Å²) in [4.78, 5) is 2.69. The van der Waals surface area contributed by atoms with Gasteiger partial charge in [-0.15, -0.1) is 0 Å². The molecule has 0 spiro atoms. The van der Waals surface area contributed by atoms with E-state index in [2.05, 4.69) is 31.0 Å². The van der Waals surface area contributed by atoms with Crippen LogP contribution < -0.4 is 5.32 Å². The standard InChI is InChI=1S/C16H32N2/c1-13-8-9-15(3)18(12-13)11-10-17-16-7-5-4-6-14(16)2/h13-17H,4-12H2,1-3H3. The van der Waals surface area contributed by atoms with Gasteiger partial charge in [0.05, 0.1) is 0 Å². The minimum absolute atomic E-state index is 0.788. The van der Waals surface area contributed by atoms with E-state index >= 15 is 0 Å². The Balaban J connectivity index is 1.67. The van der Waals surface area contributed by atoms with Crippen LogP contribution in [0.4, 0.5) is 0 Å². The molecule has 2 heteroatoms. The number of likely N-dealkylation sites (tertiary alicyclic amines) is 1. The molecule has 0 amide bonds.